The molecule has 1 N–H and O–H groups in total. The van der Waals surface area contributed by atoms with Crippen molar-refractivity contribution in [2.24, 2.45) is 11.8 Å². The van der Waals surface area contributed by atoms with E-state index >= 15 is 0 Å². The first-order chi connectivity index (χ1) is 9.77. The van der Waals surface area contributed by atoms with Gasteiger partial charge in [-0.15, -0.1) is 0 Å². The summed E-state index contributed by atoms with van der Waals surface area (Å²) in [6.07, 6.45) is 10.7. The van der Waals surface area contributed by atoms with E-state index in [2.05, 4.69) is 0 Å². The third-order valence-electron chi connectivity index (χ3n) is 3.82. The first kappa shape index (κ1) is 12.9. The highest BCUT2D eigenvalue weighted by Gasteiger charge is 2.44. The highest BCUT2D eigenvalue weighted by molar-refractivity contribution is 5.84. The molecule has 1 aromatic carbocycles. The molecular weight excluding hydrogens is 250 g/mol. The third kappa shape index (κ3) is 2.32. The highest BCUT2D eigenvalue weighted by Crippen LogP contribution is 2.33. The van der Waals surface area contributed by atoms with Gasteiger partial charge in [0, 0.05) is 12.5 Å². The zero-order valence-corrected chi connectivity index (χ0v) is 11.1. The summed E-state index contributed by atoms with van der Waals surface area (Å²) < 4.78 is 0. The van der Waals surface area contributed by atoms with Gasteiger partial charge >= 0.3 is 0 Å². The minimum absolute atomic E-state index is 0.000752. The van der Waals surface area contributed by atoms with Gasteiger partial charge in [-0.25, -0.2) is 0 Å². The Kier molecular flexibility index (Phi) is 3.52. The first-order valence-electron chi connectivity index (χ1n) is 6.82. The molecule has 1 aliphatic carbocycles. The smallest absolute Gasteiger partial charge is 0.232 e. The number of hydrogen-bond acceptors (Lipinski definition) is 2. The molecule has 0 bridgehead atoms. The average Bonchev–Trinajstić information content (AvgIpc) is 2.74. The van der Waals surface area contributed by atoms with Gasteiger partial charge in [-0.1, -0.05) is 66.8 Å². The maximum Gasteiger partial charge on any atom is 0.232 e. The Balaban J connectivity index is 1.69. The Bertz CT molecular complexity index is 574. The van der Waals surface area contributed by atoms with Crippen LogP contribution in [0.4, 0.5) is 0 Å². The van der Waals surface area contributed by atoms with Crippen LogP contribution in [-0.2, 0) is 4.79 Å². The maximum atomic E-state index is 12.2. The summed E-state index contributed by atoms with van der Waals surface area (Å²) in [7, 11) is 0. The summed E-state index contributed by atoms with van der Waals surface area (Å²) in [5, 5.41) is 10.2. The van der Waals surface area contributed by atoms with Gasteiger partial charge in [-0.3, -0.25) is 4.79 Å². The molecular formula is C17H17NO2. The molecule has 0 radical (unpaired) electrons. The number of rotatable bonds is 3. The molecule has 3 atom stereocenters. The van der Waals surface area contributed by atoms with Crippen LogP contribution in [0.25, 0.3) is 6.08 Å². The van der Waals surface area contributed by atoms with Crippen molar-refractivity contribution in [2.45, 2.75) is 6.23 Å². The van der Waals surface area contributed by atoms with E-state index in [1.165, 1.54) is 4.90 Å². The van der Waals surface area contributed by atoms with Crippen LogP contribution in [0.1, 0.15) is 5.56 Å². The van der Waals surface area contributed by atoms with Gasteiger partial charge in [-0.2, -0.15) is 0 Å². The van der Waals surface area contributed by atoms with Crippen LogP contribution in [-0.4, -0.2) is 28.7 Å². The van der Waals surface area contributed by atoms with Gasteiger partial charge in [0.2, 0.25) is 5.91 Å². The Morgan fingerprint density at radius 2 is 1.90 bits per heavy atom. The standard InChI is InChI=1S/C17H17NO2/c19-16-14-10-4-5-11-15(14)17(20)18(16)12-6-9-13-7-2-1-3-8-13/h1-11,14-16,19H,12H2/b9-6+. The van der Waals surface area contributed by atoms with Crippen molar-refractivity contribution in [3.63, 3.8) is 0 Å². The number of benzene rings is 1. The van der Waals surface area contributed by atoms with Crippen molar-refractivity contribution in [1.29, 1.82) is 0 Å². The number of aliphatic hydroxyl groups excluding tert-OH is 1. The van der Waals surface area contributed by atoms with Crippen LogP contribution in [0.15, 0.2) is 60.7 Å². The predicted octanol–water partition coefficient (Wildman–Crippen LogP) is 2.22. The molecule has 3 rings (SSSR count). The van der Waals surface area contributed by atoms with E-state index < -0.39 is 6.23 Å². The second-order valence-electron chi connectivity index (χ2n) is 5.09. The molecule has 1 heterocycles. The average molecular weight is 267 g/mol. The lowest BCUT2D eigenvalue weighted by Gasteiger charge is -2.20. The van der Waals surface area contributed by atoms with E-state index in [0.29, 0.717) is 6.54 Å². The molecule has 3 nitrogen and oxygen atoms in total. The van der Waals surface area contributed by atoms with E-state index in [0.717, 1.165) is 5.56 Å². The van der Waals surface area contributed by atoms with Crippen LogP contribution >= 0.6 is 0 Å². The Morgan fingerprint density at radius 1 is 1.15 bits per heavy atom. The lowest BCUT2D eigenvalue weighted by Crippen LogP contribution is -2.34. The minimum Gasteiger partial charge on any atom is -0.373 e. The fourth-order valence-electron chi connectivity index (χ4n) is 2.75. The Hall–Kier alpha value is -2.13. The first-order valence-corrected chi connectivity index (χ1v) is 6.82. The number of fused-ring (bicyclic) bond motifs is 1. The van der Waals surface area contributed by atoms with Crippen LogP contribution < -0.4 is 0 Å². The molecule has 1 aromatic rings. The van der Waals surface area contributed by atoms with Crippen LogP contribution in [0, 0.1) is 11.8 Å². The van der Waals surface area contributed by atoms with E-state index in [1.54, 1.807) is 0 Å². The lowest BCUT2D eigenvalue weighted by atomic mass is 9.90. The van der Waals surface area contributed by atoms with Crippen molar-refractivity contribution >= 4 is 12.0 Å². The number of carbonyl (C=O) groups excluding carboxylic acids is 1. The van der Waals surface area contributed by atoms with E-state index in [9.17, 15) is 9.90 Å². The zero-order valence-electron chi connectivity index (χ0n) is 11.1. The summed E-state index contributed by atoms with van der Waals surface area (Å²) in [6.45, 7) is 0.434. The largest absolute Gasteiger partial charge is 0.373 e. The van der Waals surface area contributed by atoms with Crippen molar-refractivity contribution < 1.29 is 9.90 Å². The number of likely N-dealkylation sites (tertiary alicyclic amines) is 1. The predicted molar refractivity (Wildman–Crippen MR) is 78.5 cm³/mol. The second kappa shape index (κ2) is 5.47. The van der Waals surface area contributed by atoms with Gasteiger partial charge in [0.25, 0.3) is 0 Å². The number of carbonyl (C=O) groups is 1. The Morgan fingerprint density at radius 3 is 2.65 bits per heavy atom. The minimum atomic E-state index is -0.728. The number of aliphatic hydroxyl groups is 1. The van der Waals surface area contributed by atoms with Gasteiger partial charge in [-0.05, 0) is 5.56 Å². The van der Waals surface area contributed by atoms with Crippen LogP contribution in [0.2, 0.25) is 0 Å². The van der Waals surface area contributed by atoms with E-state index in [-0.39, 0.29) is 17.7 Å². The van der Waals surface area contributed by atoms with Crippen molar-refractivity contribution in [1.82, 2.24) is 4.90 Å². The summed E-state index contributed by atoms with van der Waals surface area (Å²) in [4.78, 5) is 13.8. The Labute approximate surface area is 118 Å². The summed E-state index contributed by atoms with van der Waals surface area (Å²) in [6, 6.07) is 9.92. The third-order valence-corrected chi connectivity index (χ3v) is 3.82. The molecule has 0 aromatic heterocycles. The van der Waals surface area contributed by atoms with E-state index in [1.807, 2.05) is 66.8 Å². The molecule has 1 saturated heterocycles. The number of amides is 1. The SMILES string of the molecule is O=C1C2C=CC=CC2C(O)N1C/C=C/c1ccccc1. The molecule has 3 unspecified atom stereocenters. The molecule has 102 valence electrons. The van der Waals surface area contributed by atoms with Crippen molar-refractivity contribution in [2.75, 3.05) is 6.54 Å². The van der Waals surface area contributed by atoms with Gasteiger partial charge in [0.1, 0.15) is 6.23 Å². The highest BCUT2D eigenvalue weighted by atomic mass is 16.3. The topological polar surface area (TPSA) is 40.5 Å². The number of hydrogen-bond donors (Lipinski definition) is 1. The zero-order chi connectivity index (χ0) is 13.9. The van der Waals surface area contributed by atoms with Crippen LogP contribution in [0.3, 0.4) is 0 Å². The number of nitrogens with zero attached hydrogens (tertiary/aromatic N) is 1. The molecule has 1 fully saturated rings. The molecule has 0 saturated carbocycles. The summed E-state index contributed by atoms with van der Waals surface area (Å²) in [5.74, 6) is -0.321. The normalized spacial score (nSPS) is 28.4. The molecule has 1 aliphatic heterocycles. The molecule has 3 heteroatoms. The fourth-order valence-corrected chi connectivity index (χ4v) is 2.75. The molecule has 0 spiro atoms. The van der Waals surface area contributed by atoms with Crippen molar-refractivity contribution in [3.8, 4) is 0 Å². The van der Waals surface area contributed by atoms with Gasteiger partial charge < -0.3 is 10.0 Å². The van der Waals surface area contributed by atoms with Gasteiger partial charge in [0.15, 0.2) is 0 Å². The quantitative estimate of drug-likeness (QED) is 0.912. The maximum absolute atomic E-state index is 12.2. The van der Waals surface area contributed by atoms with Crippen LogP contribution in [0.5, 0.6) is 0 Å². The molecule has 20 heavy (non-hydrogen) atoms. The lowest BCUT2D eigenvalue weighted by molar-refractivity contribution is -0.133. The fraction of sp³-hybridized carbons (Fsp3) is 0.235. The monoisotopic (exact) mass is 267 g/mol. The van der Waals surface area contributed by atoms with E-state index in [4.69, 9.17) is 0 Å². The second-order valence-corrected chi connectivity index (χ2v) is 5.09. The van der Waals surface area contributed by atoms with Crippen molar-refractivity contribution in [3.05, 3.63) is 66.3 Å². The molecule has 1 amide bonds. The number of allylic oxidation sites excluding steroid dienone is 2. The summed E-state index contributed by atoms with van der Waals surface area (Å²) >= 11 is 0. The van der Waals surface area contributed by atoms with Gasteiger partial charge in [0.05, 0.1) is 5.92 Å². The summed E-state index contributed by atoms with van der Waals surface area (Å²) in [5.41, 5.74) is 1.09. The molecule has 2 aliphatic rings.